The maximum absolute atomic E-state index is 12.3. The van der Waals surface area contributed by atoms with Crippen molar-refractivity contribution in [3.05, 3.63) is 53.6 Å². The lowest BCUT2D eigenvalue weighted by Crippen LogP contribution is -2.20. The fourth-order valence-electron chi connectivity index (χ4n) is 2.18. The van der Waals surface area contributed by atoms with E-state index in [1.807, 2.05) is 32.0 Å². The Balaban J connectivity index is 1.89. The molecule has 0 unspecified atom stereocenters. The van der Waals surface area contributed by atoms with Crippen molar-refractivity contribution < 1.29 is 27.4 Å². The Labute approximate surface area is 149 Å². The fourth-order valence-corrected chi connectivity index (χ4v) is 2.18. The lowest BCUT2D eigenvalue weighted by Gasteiger charge is -2.14. The lowest BCUT2D eigenvalue weighted by atomic mass is 10.1. The first-order valence-corrected chi connectivity index (χ1v) is 8.03. The van der Waals surface area contributed by atoms with Gasteiger partial charge in [0.15, 0.2) is 6.61 Å². The van der Waals surface area contributed by atoms with Gasteiger partial charge in [0.05, 0.1) is 18.7 Å². The largest absolute Gasteiger partial charge is 0.493 e. The van der Waals surface area contributed by atoms with E-state index in [1.165, 1.54) is 18.2 Å². The topological polar surface area (TPSA) is 47.6 Å². The molecule has 1 amide bonds. The van der Waals surface area contributed by atoms with E-state index in [1.54, 1.807) is 6.07 Å². The first kappa shape index (κ1) is 19.6. The highest BCUT2D eigenvalue weighted by Gasteiger charge is 2.28. The van der Waals surface area contributed by atoms with Crippen LogP contribution in [0.1, 0.15) is 17.5 Å². The number of ether oxygens (including phenoxy) is 2. The Bertz CT molecular complexity index is 760. The number of alkyl halides is 3. The number of rotatable bonds is 7. The van der Waals surface area contributed by atoms with Crippen molar-refractivity contribution >= 4 is 11.6 Å². The van der Waals surface area contributed by atoms with Gasteiger partial charge in [0.1, 0.15) is 11.5 Å². The molecule has 4 nitrogen and oxygen atoms in total. The number of hydrogen-bond acceptors (Lipinski definition) is 3. The van der Waals surface area contributed by atoms with Crippen LogP contribution in [0.3, 0.4) is 0 Å². The predicted octanol–water partition coefficient (Wildman–Crippen LogP) is 4.65. The van der Waals surface area contributed by atoms with Crippen LogP contribution >= 0.6 is 0 Å². The maximum atomic E-state index is 12.3. The minimum atomic E-state index is -4.45. The molecule has 140 valence electrons. The van der Waals surface area contributed by atoms with Crippen LogP contribution in [-0.4, -0.2) is 25.3 Å². The van der Waals surface area contributed by atoms with Gasteiger partial charge in [-0.3, -0.25) is 4.79 Å². The van der Waals surface area contributed by atoms with Crippen LogP contribution in [0.2, 0.25) is 0 Å². The molecule has 0 aliphatic carbocycles. The zero-order valence-corrected chi connectivity index (χ0v) is 14.5. The van der Waals surface area contributed by atoms with Crippen LogP contribution < -0.4 is 14.8 Å². The molecule has 0 aliphatic rings. The average Bonchev–Trinajstić information content (AvgIpc) is 2.56. The Morgan fingerprint density at radius 1 is 1.04 bits per heavy atom. The molecule has 0 saturated heterocycles. The summed E-state index contributed by atoms with van der Waals surface area (Å²) >= 11 is 0. The predicted molar refractivity (Wildman–Crippen MR) is 92.6 cm³/mol. The zero-order chi connectivity index (χ0) is 19.2. The van der Waals surface area contributed by atoms with Crippen LogP contribution in [0.25, 0.3) is 0 Å². The maximum Gasteiger partial charge on any atom is 0.422 e. The normalized spacial score (nSPS) is 11.1. The van der Waals surface area contributed by atoms with Crippen LogP contribution in [-0.2, 0) is 4.79 Å². The Kier molecular flexibility index (Phi) is 6.49. The number of nitrogens with one attached hydrogen (secondary N) is 1. The number of halogens is 3. The van der Waals surface area contributed by atoms with E-state index in [4.69, 9.17) is 9.47 Å². The third kappa shape index (κ3) is 6.31. The van der Waals surface area contributed by atoms with Gasteiger partial charge in [-0.2, -0.15) is 13.2 Å². The number of benzene rings is 2. The number of carbonyl (C=O) groups is 1. The standard InChI is InChI=1S/C19H20F3NO3/c1-13-7-8-14(2)17(11-13)25-10-9-18(24)23-15-5-3-4-6-16(15)26-12-19(20,21)22/h3-8,11H,9-10,12H2,1-2H3,(H,23,24). The molecule has 2 aromatic rings. The molecule has 26 heavy (non-hydrogen) atoms. The molecule has 0 aliphatic heterocycles. The van der Waals surface area contributed by atoms with E-state index in [9.17, 15) is 18.0 Å². The first-order chi connectivity index (χ1) is 12.2. The van der Waals surface area contributed by atoms with Gasteiger partial charge in [0, 0.05) is 0 Å². The van der Waals surface area contributed by atoms with Crippen molar-refractivity contribution in [3.63, 3.8) is 0 Å². The number of hydrogen-bond donors (Lipinski definition) is 1. The first-order valence-electron chi connectivity index (χ1n) is 8.03. The third-order valence-corrected chi connectivity index (χ3v) is 3.48. The van der Waals surface area contributed by atoms with E-state index in [0.717, 1.165) is 11.1 Å². The molecule has 0 bridgehead atoms. The monoisotopic (exact) mass is 367 g/mol. The van der Waals surface area contributed by atoms with Gasteiger partial charge >= 0.3 is 6.18 Å². The molecular formula is C19H20F3NO3. The molecule has 0 radical (unpaired) electrons. The van der Waals surface area contributed by atoms with Gasteiger partial charge in [-0.05, 0) is 43.2 Å². The summed E-state index contributed by atoms with van der Waals surface area (Å²) in [5, 5.41) is 2.55. The highest BCUT2D eigenvalue weighted by molar-refractivity contribution is 5.92. The molecule has 1 N–H and O–H groups in total. The smallest absolute Gasteiger partial charge is 0.422 e. The van der Waals surface area contributed by atoms with E-state index in [2.05, 4.69) is 5.32 Å². The summed E-state index contributed by atoms with van der Waals surface area (Å²) in [5.41, 5.74) is 2.20. The Morgan fingerprint density at radius 2 is 1.77 bits per heavy atom. The van der Waals surface area contributed by atoms with Gasteiger partial charge in [0.2, 0.25) is 5.91 Å². The number of aryl methyl sites for hydroxylation is 2. The summed E-state index contributed by atoms with van der Waals surface area (Å²) in [6, 6.07) is 11.8. The van der Waals surface area contributed by atoms with E-state index >= 15 is 0 Å². The van der Waals surface area contributed by atoms with Crippen LogP contribution in [0.5, 0.6) is 11.5 Å². The van der Waals surface area contributed by atoms with Crippen molar-refractivity contribution in [2.45, 2.75) is 26.4 Å². The summed E-state index contributed by atoms with van der Waals surface area (Å²) in [6.45, 7) is 2.58. The molecule has 0 saturated carbocycles. The molecule has 2 aromatic carbocycles. The van der Waals surface area contributed by atoms with Crippen molar-refractivity contribution in [1.82, 2.24) is 0 Å². The molecule has 0 heterocycles. The second kappa shape index (κ2) is 8.60. The minimum Gasteiger partial charge on any atom is -0.493 e. The summed E-state index contributed by atoms with van der Waals surface area (Å²) in [4.78, 5) is 12.0. The van der Waals surface area contributed by atoms with E-state index in [-0.39, 0.29) is 30.4 Å². The lowest BCUT2D eigenvalue weighted by molar-refractivity contribution is -0.153. The van der Waals surface area contributed by atoms with Gasteiger partial charge in [-0.15, -0.1) is 0 Å². The summed E-state index contributed by atoms with van der Waals surface area (Å²) in [5.74, 6) is 0.290. The van der Waals surface area contributed by atoms with E-state index < -0.39 is 12.8 Å². The van der Waals surface area contributed by atoms with Crippen molar-refractivity contribution in [2.24, 2.45) is 0 Å². The van der Waals surface area contributed by atoms with E-state index in [0.29, 0.717) is 5.75 Å². The van der Waals surface area contributed by atoms with Crippen LogP contribution in [0.4, 0.5) is 18.9 Å². The minimum absolute atomic E-state index is 0.0337. The number of amides is 1. The van der Waals surface area contributed by atoms with Crippen LogP contribution in [0.15, 0.2) is 42.5 Å². The Morgan fingerprint density at radius 3 is 2.50 bits per heavy atom. The highest BCUT2D eigenvalue weighted by atomic mass is 19.4. The molecule has 0 aromatic heterocycles. The zero-order valence-electron chi connectivity index (χ0n) is 14.5. The molecule has 2 rings (SSSR count). The second-order valence-corrected chi connectivity index (χ2v) is 5.82. The van der Waals surface area contributed by atoms with Gasteiger partial charge in [0.25, 0.3) is 0 Å². The van der Waals surface area contributed by atoms with Gasteiger partial charge < -0.3 is 14.8 Å². The summed E-state index contributed by atoms with van der Waals surface area (Å²) < 4.78 is 47.2. The third-order valence-electron chi connectivity index (χ3n) is 3.48. The quantitative estimate of drug-likeness (QED) is 0.775. The molecular weight excluding hydrogens is 347 g/mol. The number of anilines is 1. The molecule has 0 atom stereocenters. The Hall–Kier alpha value is -2.70. The fraction of sp³-hybridized carbons (Fsp3) is 0.316. The average molecular weight is 367 g/mol. The van der Waals surface area contributed by atoms with Crippen molar-refractivity contribution in [3.8, 4) is 11.5 Å². The van der Waals surface area contributed by atoms with Gasteiger partial charge in [-0.1, -0.05) is 24.3 Å². The van der Waals surface area contributed by atoms with Gasteiger partial charge in [-0.25, -0.2) is 0 Å². The molecule has 0 spiro atoms. The molecule has 0 fully saturated rings. The van der Waals surface area contributed by atoms with Crippen LogP contribution in [0, 0.1) is 13.8 Å². The number of carbonyl (C=O) groups excluding carboxylic acids is 1. The van der Waals surface area contributed by atoms with Crippen molar-refractivity contribution in [1.29, 1.82) is 0 Å². The second-order valence-electron chi connectivity index (χ2n) is 5.82. The SMILES string of the molecule is Cc1ccc(C)c(OCCC(=O)Nc2ccccc2OCC(F)(F)F)c1. The number of para-hydroxylation sites is 2. The molecule has 7 heteroatoms. The highest BCUT2D eigenvalue weighted by Crippen LogP contribution is 2.26. The van der Waals surface area contributed by atoms with Crippen molar-refractivity contribution in [2.75, 3.05) is 18.5 Å². The summed E-state index contributed by atoms with van der Waals surface area (Å²) in [6.07, 6.45) is -4.39. The summed E-state index contributed by atoms with van der Waals surface area (Å²) in [7, 11) is 0.